The van der Waals surface area contributed by atoms with Crippen LogP contribution in [0.25, 0.3) is 0 Å². The van der Waals surface area contributed by atoms with E-state index in [-0.39, 0.29) is 18.3 Å². The molecular weight excluding hydrogens is 248 g/mol. The molecule has 0 aliphatic carbocycles. The summed E-state index contributed by atoms with van der Waals surface area (Å²) in [5.41, 5.74) is -0.0490. The highest BCUT2D eigenvalue weighted by Gasteiger charge is 2.17. The maximum Gasteiger partial charge on any atom is 0.333 e. The van der Waals surface area contributed by atoms with Crippen LogP contribution in [0, 0.1) is 0 Å². The van der Waals surface area contributed by atoms with Gasteiger partial charge in [-0.15, -0.1) is 0 Å². The van der Waals surface area contributed by atoms with Gasteiger partial charge in [-0.1, -0.05) is 0 Å². The number of ether oxygens (including phenoxy) is 2. The Kier molecular flexibility index (Phi) is 4.21. The number of alkyl halides is 2. The average molecular weight is 261 g/mol. The van der Waals surface area contributed by atoms with Crippen molar-refractivity contribution in [2.75, 3.05) is 26.4 Å². The lowest BCUT2D eigenvalue weighted by molar-refractivity contribution is -0.0855. The molecule has 6 nitrogen and oxygen atoms in total. The van der Waals surface area contributed by atoms with Gasteiger partial charge in [0.2, 0.25) is 0 Å². The van der Waals surface area contributed by atoms with E-state index >= 15 is 0 Å². The van der Waals surface area contributed by atoms with Crippen LogP contribution in [0.15, 0.2) is 12.3 Å². The van der Waals surface area contributed by atoms with Crippen LogP contribution in [0.1, 0.15) is 17.0 Å². The number of amides is 1. The lowest BCUT2D eigenvalue weighted by Gasteiger charge is -2.22. The Morgan fingerprint density at radius 1 is 1.61 bits per heavy atom. The first-order chi connectivity index (χ1) is 8.66. The van der Waals surface area contributed by atoms with Gasteiger partial charge in [-0.25, -0.2) is 4.68 Å². The molecular formula is C10H13F2N3O3. The smallest absolute Gasteiger partial charge is 0.333 e. The van der Waals surface area contributed by atoms with E-state index in [1.54, 1.807) is 0 Å². The summed E-state index contributed by atoms with van der Waals surface area (Å²) in [5.74, 6) is -0.511. The Balaban J connectivity index is 1.83. The first-order valence-corrected chi connectivity index (χ1v) is 5.47. The van der Waals surface area contributed by atoms with Gasteiger partial charge in [0.25, 0.3) is 5.91 Å². The van der Waals surface area contributed by atoms with Crippen LogP contribution >= 0.6 is 0 Å². The number of aromatic nitrogens is 2. The Bertz CT molecular complexity index is 405. The summed E-state index contributed by atoms with van der Waals surface area (Å²) in [6.45, 7) is -1.04. The van der Waals surface area contributed by atoms with Gasteiger partial charge >= 0.3 is 6.55 Å². The second-order valence-electron chi connectivity index (χ2n) is 3.74. The summed E-state index contributed by atoms with van der Waals surface area (Å²) in [6, 6.07) is 1.24. The summed E-state index contributed by atoms with van der Waals surface area (Å²) < 4.78 is 35.4. The molecule has 1 aromatic heterocycles. The van der Waals surface area contributed by atoms with Crippen LogP contribution < -0.4 is 5.32 Å². The number of carbonyl (C=O) groups is 1. The molecule has 0 spiro atoms. The second-order valence-corrected chi connectivity index (χ2v) is 3.74. The van der Waals surface area contributed by atoms with Crippen LogP contribution in [0.5, 0.6) is 0 Å². The van der Waals surface area contributed by atoms with Crippen molar-refractivity contribution < 1.29 is 23.0 Å². The quantitative estimate of drug-likeness (QED) is 0.853. The summed E-state index contributed by atoms with van der Waals surface area (Å²) in [7, 11) is 0. The highest BCUT2D eigenvalue weighted by molar-refractivity contribution is 5.92. The summed E-state index contributed by atoms with van der Waals surface area (Å²) in [4.78, 5) is 11.6. The standard InChI is InChI=1S/C10H13F2N3O3/c11-10(12)15-2-1-8(14-15)9(16)13-5-7-6-17-3-4-18-7/h1-2,7,10H,3-6H2,(H,13,16)/t7-/m1/s1. The van der Waals surface area contributed by atoms with Crippen LogP contribution in [-0.2, 0) is 9.47 Å². The molecule has 0 radical (unpaired) electrons. The van der Waals surface area contributed by atoms with Crippen molar-refractivity contribution in [3.05, 3.63) is 18.0 Å². The number of halogens is 2. The molecule has 1 fully saturated rings. The van der Waals surface area contributed by atoms with E-state index in [9.17, 15) is 13.6 Å². The highest BCUT2D eigenvalue weighted by Crippen LogP contribution is 2.08. The van der Waals surface area contributed by atoms with Crippen LogP contribution in [0.3, 0.4) is 0 Å². The highest BCUT2D eigenvalue weighted by atomic mass is 19.3. The van der Waals surface area contributed by atoms with E-state index in [0.717, 1.165) is 6.20 Å². The van der Waals surface area contributed by atoms with Crippen LogP contribution in [0.4, 0.5) is 8.78 Å². The topological polar surface area (TPSA) is 65.4 Å². The first kappa shape index (κ1) is 12.9. The third kappa shape index (κ3) is 3.23. The number of hydrogen-bond donors (Lipinski definition) is 1. The molecule has 1 aliphatic heterocycles. The molecule has 0 saturated carbocycles. The van der Waals surface area contributed by atoms with Gasteiger partial charge < -0.3 is 14.8 Å². The SMILES string of the molecule is O=C(NC[C@@H]1COCCO1)c1ccn(C(F)F)n1. The molecule has 18 heavy (non-hydrogen) atoms. The van der Waals surface area contributed by atoms with Gasteiger partial charge in [-0.3, -0.25) is 4.79 Å². The molecule has 0 aromatic carbocycles. The summed E-state index contributed by atoms with van der Waals surface area (Å²) in [6.07, 6.45) is 0.847. The molecule has 1 saturated heterocycles. The molecule has 2 rings (SSSR count). The molecule has 1 N–H and O–H groups in total. The third-order valence-corrected chi connectivity index (χ3v) is 2.42. The third-order valence-electron chi connectivity index (χ3n) is 2.42. The lowest BCUT2D eigenvalue weighted by atomic mass is 10.3. The monoisotopic (exact) mass is 261 g/mol. The molecule has 1 atom stereocenters. The predicted octanol–water partition coefficient (Wildman–Crippen LogP) is 0.423. The fraction of sp³-hybridized carbons (Fsp3) is 0.600. The lowest BCUT2D eigenvalue weighted by Crippen LogP contribution is -2.39. The van der Waals surface area contributed by atoms with Gasteiger partial charge in [0, 0.05) is 12.7 Å². The van der Waals surface area contributed by atoms with Crippen molar-refractivity contribution in [2.24, 2.45) is 0 Å². The normalized spacial score (nSPS) is 20.1. The number of nitrogens with zero attached hydrogens (tertiary/aromatic N) is 2. The Morgan fingerprint density at radius 2 is 2.44 bits per heavy atom. The van der Waals surface area contributed by atoms with Crippen LogP contribution in [0.2, 0.25) is 0 Å². The van der Waals surface area contributed by atoms with Crippen LogP contribution in [-0.4, -0.2) is 48.2 Å². The minimum absolute atomic E-state index is 0.0490. The zero-order valence-corrected chi connectivity index (χ0v) is 9.51. The Morgan fingerprint density at radius 3 is 3.06 bits per heavy atom. The molecule has 2 heterocycles. The predicted molar refractivity (Wildman–Crippen MR) is 56.4 cm³/mol. The van der Waals surface area contributed by atoms with Gasteiger partial charge in [-0.2, -0.15) is 13.9 Å². The largest absolute Gasteiger partial charge is 0.376 e. The van der Waals surface area contributed by atoms with E-state index < -0.39 is 12.5 Å². The molecule has 1 aliphatic rings. The first-order valence-electron chi connectivity index (χ1n) is 5.47. The summed E-state index contributed by atoms with van der Waals surface area (Å²) in [5, 5.41) is 6.01. The van der Waals surface area contributed by atoms with E-state index in [4.69, 9.17) is 9.47 Å². The fourth-order valence-corrected chi connectivity index (χ4v) is 1.52. The van der Waals surface area contributed by atoms with Crippen molar-refractivity contribution >= 4 is 5.91 Å². The van der Waals surface area contributed by atoms with Crippen molar-refractivity contribution in [3.63, 3.8) is 0 Å². The second kappa shape index (κ2) is 5.87. The van der Waals surface area contributed by atoms with Gasteiger partial charge in [-0.05, 0) is 6.07 Å². The fourth-order valence-electron chi connectivity index (χ4n) is 1.52. The Labute approximate surface area is 102 Å². The minimum atomic E-state index is -2.75. The van der Waals surface area contributed by atoms with Crippen molar-refractivity contribution in [1.29, 1.82) is 0 Å². The molecule has 1 aromatic rings. The number of hydrogen-bond acceptors (Lipinski definition) is 4. The van der Waals surface area contributed by atoms with E-state index in [1.165, 1.54) is 6.07 Å². The number of rotatable bonds is 4. The molecule has 100 valence electrons. The minimum Gasteiger partial charge on any atom is -0.376 e. The van der Waals surface area contributed by atoms with Crippen molar-refractivity contribution in [3.8, 4) is 0 Å². The van der Waals surface area contributed by atoms with Crippen molar-refractivity contribution in [2.45, 2.75) is 12.7 Å². The maximum absolute atomic E-state index is 12.3. The van der Waals surface area contributed by atoms with Gasteiger partial charge in [0.15, 0.2) is 0 Å². The van der Waals surface area contributed by atoms with E-state index in [1.807, 2.05) is 0 Å². The zero-order valence-electron chi connectivity index (χ0n) is 9.51. The van der Waals surface area contributed by atoms with E-state index in [2.05, 4.69) is 10.4 Å². The Hall–Kier alpha value is -1.54. The molecule has 0 unspecified atom stereocenters. The zero-order chi connectivity index (χ0) is 13.0. The van der Waals surface area contributed by atoms with Crippen molar-refractivity contribution in [1.82, 2.24) is 15.1 Å². The number of nitrogens with one attached hydrogen (secondary N) is 1. The molecule has 1 amide bonds. The molecule has 0 bridgehead atoms. The molecule has 8 heteroatoms. The van der Waals surface area contributed by atoms with Gasteiger partial charge in [0.05, 0.1) is 25.9 Å². The van der Waals surface area contributed by atoms with E-state index in [0.29, 0.717) is 24.5 Å². The van der Waals surface area contributed by atoms with Gasteiger partial charge in [0.1, 0.15) is 5.69 Å². The maximum atomic E-state index is 12.3. The number of carbonyl (C=O) groups excluding carboxylic acids is 1. The average Bonchev–Trinajstić information content (AvgIpc) is 2.87. The summed E-state index contributed by atoms with van der Waals surface area (Å²) >= 11 is 0.